The van der Waals surface area contributed by atoms with Crippen molar-refractivity contribution in [2.24, 2.45) is 0 Å². The van der Waals surface area contributed by atoms with Crippen LogP contribution in [-0.4, -0.2) is 42.6 Å². The molecule has 5 nitrogen and oxygen atoms in total. The number of nitrogens with zero attached hydrogens (tertiary/aromatic N) is 1. The van der Waals surface area contributed by atoms with Gasteiger partial charge in [-0.2, -0.15) is 5.10 Å². The van der Waals surface area contributed by atoms with E-state index in [0.29, 0.717) is 6.61 Å². The number of aromatic nitrogens is 2. The van der Waals surface area contributed by atoms with Crippen LogP contribution in [0, 0.1) is 0 Å². The molecule has 1 aliphatic heterocycles. The average Bonchev–Trinajstić information content (AvgIpc) is 2.86. The number of aromatic amines is 1. The van der Waals surface area contributed by atoms with Gasteiger partial charge in [0, 0.05) is 18.5 Å². The number of hydrogen-bond donors (Lipinski definition) is 2. The molecule has 0 radical (unpaired) electrons. The van der Waals surface area contributed by atoms with E-state index in [9.17, 15) is 0 Å². The van der Waals surface area contributed by atoms with E-state index in [1.165, 1.54) is 0 Å². The molecule has 0 spiro atoms. The summed E-state index contributed by atoms with van der Waals surface area (Å²) >= 11 is 0. The Morgan fingerprint density at radius 1 is 1.47 bits per heavy atom. The lowest BCUT2D eigenvalue weighted by atomic mass is 10.2. The minimum Gasteiger partial charge on any atom is -0.489 e. The van der Waals surface area contributed by atoms with Gasteiger partial charge in [-0.1, -0.05) is 12.1 Å². The van der Waals surface area contributed by atoms with Gasteiger partial charge in [-0.15, -0.1) is 0 Å². The van der Waals surface area contributed by atoms with E-state index in [-0.39, 0.29) is 6.10 Å². The Hall–Kier alpha value is -1.59. The van der Waals surface area contributed by atoms with Crippen molar-refractivity contribution in [2.45, 2.75) is 6.10 Å². The second kappa shape index (κ2) is 4.73. The summed E-state index contributed by atoms with van der Waals surface area (Å²) in [6.07, 6.45) is 1.92. The standard InChI is InChI=1S/C12H15N3O2/c1-2-9-6-14-15-12(9)11(3-1)17-8-10-7-13-4-5-16-10/h1-3,6,10,13H,4-5,7-8H2,(H,14,15)/t10-/m0/s1. The van der Waals surface area contributed by atoms with Gasteiger partial charge < -0.3 is 14.8 Å². The molecule has 2 N–H and O–H groups in total. The fourth-order valence-electron chi connectivity index (χ4n) is 1.97. The van der Waals surface area contributed by atoms with Gasteiger partial charge in [0.05, 0.1) is 12.8 Å². The fourth-order valence-corrected chi connectivity index (χ4v) is 1.97. The largest absolute Gasteiger partial charge is 0.489 e. The van der Waals surface area contributed by atoms with Crippen molar-refractivity contribution in [3.63, 3.8) is 0 Å². The van der Waals surface area contributed by atoms with Crippen molar-refractivity contribution in [1.29, 1.82) is 0 Å². The molecule has 1 fully saturated rings. The lowest BCUT2D eigenvalue weighted by Crippen LogP contribution is -2.41. The highest BCUT2D eigenvalue weighted by molar-refractivity contribution is 5.83. The third-order valence-electron chi connectivity index (χ3n) is 2.87. The Balaban J connectivity index is 1.69. The third kappa shape index (κ3) is 2.25. The van der Waals surface area contributed by atoms with E-state index in [2.05, 4.69) is 15.5 Å². The van der Waals surface area contributed by atoms with Crippen molar-refractivity contribution < 1.29 is 9.47 Å². The molecule has 5 heteroatoms. The molecule has 2 aromatic rings. The Morgan fingerprint density at radius 3 is 3.35 bits per heavy atom. The molecule has 1 aromatic carbocycles. The summed E-state index contributed by atoms with van der Waals surface area (Å²) in [5, 5.41) is 11.3. The van der Waals surface area contributed by atoms with E-state index in [0.717, 1.165) is 36.3 Å². The normalized spacial score (nSPS) is 20.6. The molecular formula is C12H15N3O2. The molecule has 0 saturated carbocycles. The van der Waals surface area contributed by atoms with E-state index < -0.39 is 0 Å². The first-order valence-electron chi connectivity index (χ1n) is 5.81. The molecule has 1 aromatic heterocycles. The van der Waals surface area contributed by atoms with Crippen LogP contribution in [0.25, 0.3) is 10.9 Å². The van der Waals surface area contributed by atoms with Crippen LogP contribution in [0.5, 0.6) is 5.75 Å². The van der Waals surface area contributed by atoms with Crippen LogP contribution < -0.4 is 10.1 Å². The van der Waals surface area contributed by atoms with Gasteiger partial charge in [0.1, 0.15) is 24.0 Å². The summed E-state index contributed by atoms with van der Waals surface area (Å²) in [6, 6.07) is 5.91. The molecule has 3 rings (SSSR count). The lowest BCUT2D eigenvalue weighted by Gasteiger charge is -2.23. The van der Waals surface area contributed by atoms with Crippen LogP contribution in [0.3, 0.4) is 0 Å². The molecule has 90 valence electrons. The number of hydrogen-bond acceptors (Lipinski definition) is 4. The maximum atomic E-state index is 5.78. The predicted octanol–water partition coefficient (Wildman–Crippen LogP) is 0.930. The van der Waals surface area contributed by atoms with Crippen LogP contribution >= 0.6 is 0 Å². The summed E-state index contributed by atoms with van der Waals surface area (Å²) in [6.45, 7) is 3.08. The smallest absolute Gasteiger partial charge is 0.145 e. The topological polar surface area (TPSA) is 59.2 Å². The second-order valence-corrected chi connectivity index (χ2v) is 4.10. The SMILES string of the molecule is c1cc(OC[C@@H]2CNCCO2)c2[nH]ncc2c1. The first kappa shape index (κ1) is 10.6. The molecule has 0 unspecified atom stereocenters. The number of morpholine rings is 1. The molecule has 0 aliphatic carbocycles. The zero-order chi connectivity index (χ0) is 11.5. The van der Waals surface area contributed by atoms with Crippen molar-refractivity contribution in [3.05, 3.63) is 24.4 Å². The van der Waals surface area contributed by atoms with Gasteiger partial charge in [0.15, 0.2) is 0 Å². The summed E-state index contributed by atoms with van der Waals surface area (Å²) in [7, 11) is 0. The van der Waals surface area contributed by atoms with Crippen LogP contribution in [0.4, 0.5) is 0 Å². The zero-order valence-corrected chi connectivity index (χ0v) is 9.48. The number of fused-ring (bicyclic) bond motifs is 1. The first-order chi connectivity index (χ1) is 8.43. The number of nitrogens with one attached hydrogen (secondary N) is 2. The quantitative estimate of drug-likeness (QED) is 0.828. The van der Waals surface area contributed by atoms with Gasteiger partial charge in [0.2, 0.25) is 0 Å². The van der Waals surface area contributed by atoms with Crippen molar-refractivity contribution in [3.8, 4) is 5.75 Å². The number of rotatable bonds is 3. The molecule has 1 atom stereocenters. The van der Waals surface area contributed by atoms with E-state index in [4.69, 9.17) is 9.47 Å². The van der Waals surface area contributed by atoms with E-state index in [1.54, 1.807) is 6.20 Å². The Labute approximate surface area is 99.1 Å². The Bertz CT molecular complexity index is 491. The van der Waals surface area contributed by atoms with Gasteiger partial charge >= 0.3 is 0 Å². The van der Waals surface area contributed by atoms with Crippen LogP contribution in [-0.2, 0) is 4.74 Å². The average molecular weight is 233 g/mol. The van der Waals surface area contributed by atoms with Crippen molar-refractivity contribution in [2.75, 3.05) is 26.3 Å². The van der Waals surface area contributed by atoms with E-state index >= 15 is 0 Å². The van der Waals surface area contributed by atoms with Crippen LogP contribution in [0.2, 0.25) is 0 Å². The maximum absolute atomic E-state index is 5.78. The Kier molecular flexibility index (Phi) is 2.94. The number of ether oxygens (including phenoxy) is 2. The minimum atomic E-state index is 0.127. The number of para-hydroxylation sites is 1. The predicted molar refractivity (Wildman–Crippen MR) is 64.2 cm³/mol. The number of benzene rings is 1. The lowest BCUT2D eigenvalue weighted by molar-refractivity contribution is 0.000474. The highest BCUT2D eigenvalue weighted by Gasteiger charge is 2.14. The van der Waals surface area contributed by atoms with Gasteiger partial charge in [0.25, 0.3) is 0 Å². The second-order valence-electron chi connectivity index (χ2n) is 4.10. The summed E-state index contributed by atoms with van der Waals surface area (Å²) in [4.78, 5) is 0. The molecule has 0 amide bonds. The molecule has 1 saturated heterocycles. The Morgan fingerprint density at radius 2 is 2.47 bits per heavy atom. The summed E-state index contributed by atoms with van der Waals surface area (Å²) < 4.78 is 11.4. The molecule has 2 heterocycles. The third-order valence-corrected chi connectivity index (χ3v) is 2.87. The monoisotopic (exact) mass is 233 g/mol. The molecule has 17 heavy (non-hydrogen) atoms. The zero-order valence-electron chi connectivity index (χ0n) is 9.48. The van der Waals surface area contributed by atoms with Crippen molar-refractivity contribution >= 4 is 10.9 Å². The highest BCUT2D eigenvalue weighted by Crippen LogP contribution is 2.22. The highest BCUT2D eigenvalue weighted by atomic mass is 16.5. The molecule has 1 aliphatic rings. The van der Waals surface area contributed by atoms with Gasteiger partial charge in [-0.05, 0) is 6.07 Å². The summed E-state index contributed by atoms with van der Waals surface area (Å²) in [5.74, 6) is 0.828. The number of H-pyrrole nitrogens is 1. The molecular weight excluding hydrogens is 218 g/mol. The van der Waals surface area contributed by atoms with Gasteiger partial charge in [-0.25, -0.2) is 0 Å². The van der Waals surface area contributed by atoms with E-state index in [1.807, 2.05) is 18.2 Å². The fraction of sp³-hybridized carbons (Fsp3) is 0.417. The van der Waals surface area contributed by atoms with Crippen molar-refractivity contribution in [1.82, 2.24) is 15.5 Å². The minimum absolute atomic E-state index is 0.127. The first-order valence-corrected chi connectivity index (χ1v) is 5.81. The maximum Gasteiger partial charge on any atom is 0.145 e. The summed E-state index contributed by atoms with van der Waals surface area (Å²) in [5.41, 5.74) is 0.941. The molecule has 0 bridgehead atoms. The van der Waals surface area contributed by atoms with Crippen LogP contribution in [0.15, 0.2) is 24.4 Å². The van der Waals surface area contributed by atoms with Gasteiger partial charge in [-0.3, -0.25) is 5.10 Å². The van der Waals surface area contributed by atoms with Crippen LogP contribution in [0.1, 0.15) is 0 Å².